The van der Waals surface area contributed by atoms with Gasteiger partial charge >= 0.3 is 18.2 Å². The molecule has 144 valence electrons. The minimum absolute atomic E-state index is 0.106. The predicted octanol–water partition coefficient (Wildman–Crippen LogP) is 2.31. The molecule has 0 radical (unpaired) electrons. The van der Waals surface area contributed by atoms with Gasteiger partial charge in [-0.3, -0.25) is 4.79 Å². The van der Waals surface area contributed by atoms with Crippen molar-refractivity contribution in [2.24, 2.45) is 5.92 Å². The van der Waals surface area contributed by atoms with Crippen LogP contribution in [0.1, 0.15) is 48.5 Å². The monoisotopic (exact) mass is 358 g/mol. The van der Waals surface area contributed by atoms with Crippen molar-refractivity contribution in [3.8, 4) is 0 Å². The number of hydrogen-bond donors (Lipinski definition) is 1. The first-order valence-electron chi connectivity index (χ1n) is 8.37. The molecule has 0 spiro atoms. The lowest BCUT2D eigenvalue weighted by atomic mass is 10.1. The summed E-state index contributed by atoms with van der Waals surface area (Å²) in [6.45, 7) is 12.7. The zero-order valence-electron chi connectivity index (χ0n) is 16.2. The maximum atomic E-state index is 12.3. The van der Waals surface area contributed by atoms with Crippen molar-refractivity contribution in [2.75, 3.05) is 19.7 Å². The average molecular weight is 358 g/mol. The van der Waals surface area contributed by atoms with E-state index >= 15 is 0 Å². The van der Waals surface area contributed by atoms with Crippen molar-refractivity contribution in [3.63, 3.8) is 0 Å². The van der Waals surface area contributed by atoms with E-state index in [0.717, 1.165) is 0 Å². The van der Waals surface area contributed by atoms with Gasteiger partial charge in [0.1, 0.15) is 11.2 Å². The Labute approximate surface area is 149 Å². The number of hydrogen-bond acceptors (Lipinski definition) is 6. The smallest absolute Gasteiger partial charge is 0.410 e. The second-order valence-electron chi connectivity index (χ2n) is 8.20. The molecule has 1 heterocycles. The number of esters is 1. The summed E-state index contributed by atoms with van der Waals surface area (Å²) in [4.78, 5) is 36.9. The Kier molecular flexibility index (Phi) is 6.68. The maximum Gasteiger partial charge on any atom is 0.410 e. The Morgan fingerprint density at radius 1 is 1.00 bits per heavy atom. The van der Waals surface area contributed by atoms with Crippen molar-refractivity contribution in [2.45, 2.75) is 65.7 Å². The summed E-state index contributed by atoms with van der Waals surface area (Å²) < 4.78 is 15.7. The van der Waals surface area contributed by atoms with Gasteiger partial charge in [-0.25, -0.2) is 9.59 Å². The highest BCUT2D eigenvalue weighted by Crippen LogP contribution is 2.21. The molecule has 0 saturated carbocycles. The van der Waals surface area contributed by atoms with Gasteiger partial charge in [0.15, 0.2) is 0 Å². The quantitative estimate of drug-likeness (QED) is 0.614. The third kappa shape index (κ3) is 8.09. The van der Waals surface area contributed by atoms with E-state index in [4.69, 9.17) is 14.2 Å². The van der Waals surface area contributed by atoms with E-state index in [2.05, 4.69) is 5.32 Å². The number of carbonyl (C=O) groups is 3. The van der Waals surface area contributed by atoms with Crippen molar-refractivity contribution >= 4 is 18.2 Å². The largest absolute Gasteiger partial charge is 0.465 e. The minimum Gasteiger partial charge on any atom is -0.465 e. The molecule has 1 saturated heterocycles. The van der Waals surface area contributed by atoms with Crippen LogP contribution < -0.4 is 5.32 Å². The molecule has 1 fully saturated rings. The molecule has 8 heteroatoms. The Bertz CT molecular complexity index is 506. The fourth-order valence-electron chi connectivity index (χ4n) is 2.36. The van der Waals surface area contributed by atoms with E-state index in [0.29, 0.717) is 6.54 Å². The van der Waals surface area contributed by atoms with Crippen LogP contribution >= 0.6 is 0 Å². The van der Waals surface area contributed by atoms with E-state index in [1.54, 1.807) is 41.5 Å². The average Bonchev–Trinajstić information content (AvgIpc) is 2.75. The van der Waals surface area contributed by atoms with Crippen molar-refractivity contribution in [1.29, 1.82) is 0 Å². The minimum atomic E-state index is -0.626. The number of alkyl carbamates (subject to hydrolysis) is 1. The first kappa shape index (κ1) is 21.1. The molecule has 0 aromatic heterocycles. The fourth-order valence-corrected chi connectivity index (χ4v) is 2.36. The number of rotatable bonds is 3. The van der Waals surface area contributed by atoms with Gasteiger partial charge in [0.2, 0.25) is 0 Å². The van der Waals surface area contributed by atoms with Crippen LogP contribution in [-0.2, 0) is 19.0 Å². The first-order valence-corrected chi connectivity index (χ1v) is 8.37. The molecule has 1 N–H and O–H groups in total. The summed E-state index contributed by atoms with van der Waals surface area (Å²) >= 11 is 0. The molecule has 1 aliphatic heterocycles. The van der Waals surface area contributed by atoms with Crippen molar-refractivity contribution in [3.05, 3.63) is 0 Å². The number of carbonyl (C=O) groups excluding carboxylic acids is 3. The van der Waals surface area contributed by atoms with Crippen LogP contribution in [0, 0.1) is 5.92 Å². The lowest BCUT2D eigenvalue weighted by Gasteiger charge is -2.25. The summed E-state index contributed by atoms with van der Waals surface area (Å²) in [6, 6.07) is -0.387. The highest BCUT2D eigenvalue weighted by atomic mass is 16.6. The number of nitrogens with zero attached hydrogens (tertiary/aromatic N) is 1. The first-order chi connectivity index (χ1) is 11.3. The number of ether oxygens (including phenoxy) is 3. The van der Waals surface area contributed by atoms with E-state index in [-0.39, 0.29) is 25.1 Å². The van der Waals surface area contributed by atoms with Gasteiger partial charge in [0.25, 0.3) is 0 Å². The molecule has 2 atom stereocenters. The number of nitrogens with one attached hydrogen (secondary N) is 1. The van der Waals surface area contributed by atoms with E-state index < -0.39 is 29.4 Å². The molecule has 0 bridgehead atoms. The maximum absolute atomic E-state index is 12.3. The van der Waals surface area contributed by atoms with Crippen LogP contribution in [0.25, 0.3) is 0 Å². The Balaban J connectivity index is 2.75. The normalized spacial score (nSPS) is 20.8. The topological polar surface area (TPSA) is 94.2 Å². The van der Waals surface area contributed by atoms with Crippen molar-refractivity contribution < 1.29 is 28.6 Å². The molecule has 2 amide bonds. The van der Waals surface area contributed by atoms with Gasteiger partial charge in [-0.05, 0) is 41.5 Å². The standard InChI is InChI=1S/C17H30N2O6/c1-11(20)23-10-12-8-19(15(22)25-17(5,6)7)9-13(12)18-14(21)24-16(2,3)4/h12-13H,8-10H2,1-7H3,(H,18,21)/t12-,13-/m1/s1. The van der Waals surface area contributed by atoms with Crippen LogP contribution in [0.15, 0.2) is 0 Å². The van der Waals surface area contributed by atoms with Crippen LogP contribution in [0.4, 0.5) is 9.59 Å². The molecular weight excluding hydrogens is 328 g/mol. The molecule has 0 unspecified atom stereocenters. The third-order valence-electron chi connectivity index (χ3n) is 3.30. The van der Waals surface area contributed by atoms with Gasteiger partial charge in [-0.2, -0.15) is 0 Å². The van der Waals surface area contributed by atoms with Crippen LogP contribution in [0.3, 0.4) is 0 Å². The zero-order chi connectivity index (χ0) is 19.4. The molecule has 25 heavy (non-hydrogen) atoms. The number of likely N-dealkylation sites (tertiary alicyclic amines) is 1. The second kappa shape index (κ2) is 7.93. The summed E-state index contributed by atoms with van der Waals surface area (Å²) in [5, 5.41) is 2.76. The summed E-state index contributed by atoms with van der Waals surface area (Å²) in [7, 11) is 0. The molecule has 1 aliphatic rings. The molecule has 0 aliphatic carbocycles. The summed E-state index contributed by atoms with van der Waals surface area (Å²) in [6.07, 6.45) is -1.04. The van der Waals surface area contributed by atoms with Gasteiger partial charge in [0.05, 0.1) is 12.6 Å². The van der Waals surface area contributed by atoms with Gasteiger partial charge in [0, 0.05) is 25.9 Å². The summed E-state index contributed by atoms with van der Waals surface area (Å²) in [5.41, 5.74) is -1.24. The molecular formula is C17H30N2O6. The van der Waals surface area contributed by atoms with Crippen LogP contribution in [0.2, 0.25) is 0 Å². The lowest BCUT2D eigenvalue weighted by molar-refractivity contribution is -0.142. The Morgan fingerprint density at radius 3 is 2.04 bits per heavy atom. The third-order valence-corrected chi connectivity index (χ3v) is 3.30. The lowest BCUT2D eigenvalue weighted by Crippen LogP contribution is -2.44. The SMILES string of the molecule is CC(=O)OC[C@H]1CN(C(=O)OC(C)(C)C)C[C@H]1NC(=O)OC(C)(C)C. The van der Waals surface area contributed by atoms with Gasteiger partial charge in [-0.15, -0.1) is 0 Å². The zero-order valence-corrected chi connectivity index (χ0v) is 16.2. The van der Waals surface area contributed by atoms with Gasteiger partial charge < -0.3 is 24.4 Å². The van der Waals surface area contributed by atoms with Crippen LogP contribution in [-0.4, -0.2) is 60.0 Å². The Hall–Kier alpha value is -1.99. The second-order valence-corrected chi connectivity index (χ2v) is 8.20. The summed E-state index contributed by atoms with van der Waals surface area (Å²) in [5.74, 6) is -0.643. The number of amides is 2. The molecule has 8 nitrogen and oxygen atoms in total. The molecule has 1 rings (SSSR count). The van der Waals surface area contributed by atoms with Crippen LogP contribution in [0.5, 0.6) is 0 Å². The van der Waals surface area contributed by atoms with Gasteiger partial charge in [-0.1, -0.05) is 0 Å². The van der Waals surface area contributed by atoms with Crippen molar-refractivity contribution in [1.82, 2.24) is 10.2 Å². The highest BCUT2D eigenvalue weighted by molar-refractivity contribution is 5.70. The highest BCUT2D eigenvalue weighted by Gasteiger charge is 2.39. The van der Waals surface area contributed by atoms with E-state index in [9.17, 15) is 14.4 Å². The van der Waals surface area contributed by atoms with E-state index in [1.165, 1.54) is 11.8 Å². The molecule has 0 aromatic carbocycles. The fraction of sp³-hybridized carbons (Fsp3) is 0.824. The van der Waals surface area contributed by atoms with E-state index in [1.807, 2.05) is 0 Å². The Morgan fingerprint density at radius 2 is 1.56 bits per heavy atom. The predicted molar refractivity (Wildman–Crippen MR) is 91.1 cm³/mol. The molecule has 0 aromatic rings.